The smallest absolute Gasteiger partial charge is 0.256 e. The van der Waals surface area contributed by atoms with Gasteiger partial charge >= 0.3 is 0 Å². The number of nitrogens with one attached hydrogen (secondary N) is 2. The SMILES string of the molecule is CNC(=O)c1c(NCCOC)sc(C(=O)C(C)C)c1N. The van der Waals surface area contributed by atoms with Gasteiger partial charge in [-0.05, 0) is 0 Å². The van der Waals surface area contributed by atoms with Crippen LogP contribution in [0.2, 0.25) is 0 Å². The fourth-order valence-corrected chi connectivity index (χ4v) is 2.86. The van der Waals surface area contributed by atoms with Gasteiger partial charge in [-0.1, -0.05) is 13.8 Å². The van der Waals surface area contributed by atoms with E-state index in [9.17, 15) is 9.59 Å². The molecular weight excluding hydrogens is 278 g/mol. The summed E-state index contributed by atoms with van der Waals surface area (Å²) in [5.74, 6) is -0.528. The molecule has 4 N–H and O–H groups in total. The first-order valence-corrected chi connectivity index (χ1v) is 7.17. The third-order valence-corrected chi connectivity index (χ3v) is 3.92. The molecule has 20 heavy (non-hydrogen) atoms. The Morgan fingerprint density at radius 1 is 1.40 bits per heavy atom. The molecule has 0 atom stereocenters. The zero-order valence-corrected chi connectivity index (χ0v) is 13.0. The summed E-state index contributed by atoms with van der Waals surface area (Å²) in [4.78, 5) is 24.5. The van der Waals surface area contributed by atoms with E-state index >= 15 is 0 Å². The summed E-state index contributed by atoms with van der Waals surface area (Å²) < 4.78 is 4.96. The van der Waals surface area contributed by atoms with E-state index < -0.39 is 0 Å². The molecule has 0 spiro atoms. The Labute approximate surface area is 122 Å². The number of nitrogens with two attached hydrogens (primary N) is 1. The maximum atomic E-state index is 12.1. The van der Waals surface area contributed by atoms with Gasteiger partial charge < -0.3 is 21.1 Å². The molecule has 0 aliphatic carbocycles. The lowest BCUT2D eigenvalue weighted by molar-refractivity contribution is 0.0944. The summed E-state index contributed by atoms with van der Waals surface area (Å²) in [5, 5.41) is 6.22. The van der Waals surface area contributed by atoms with Gasteiger partial charge in [0.15, 0.2) is 5.78 Å². The molecule has 1 heterocycles. The highest BCUT2D eigenvalue weighted by molar-refractivity contribution is 7.19. The Hall–Kier alpha value is -1.60. The quantitative estimate of drug-likeness (QED) is 0.525. The number of hydrogen-bond acceptors (Lipinski definition) is 6. The molecule has 0 fully saturated rings. The van der Waals surface area contributed by atoms with E-state index in [2.05, 4.69) is 10.6 Å². The molecule has 1 rings (SSSR count). The van der Waals surface area contributed by atoms with Crippen molar-refractivity contribution in [3.05, 3.63) is 10.4 Å². The summed E-state index contributed by atoms with van der Waals surface area (Å²) in [5.41, 5.74) is 6.56. The lowest BCUT2D eigenvalue weighted by atomic mass is 10.1. The topological polar surface area (TPSA) is 93.5 Å². The van der Waals surface area contributed by atoms with Crippen molar-refractivity contribution in [3.8, 4) is 0 Å². The van der Waals surface area contributed by atoms with Gasteiger partial charge in [0.2, 0.25) is 0 Å². The minimum atomic E-state index is -0.304. The van der Waals surface area contributed by atoms with Gasteiger partial charge in [0.05, 0.1) is 22.7 Å². The first-order valence-electron chi connectivity index (χ1n) is 6.35. The van der Waals surface area contributed by atoms with Gasteiger partial charge in [-0.3, -0.25) is 9.59 Å². The Bertz CT molecular complexity index is 497. The van der Waals surface area contributed by atoms with Crippen molar-refractivity contribution in [3.63, 3.8) is 0 Å². The van der Waals surface area contributed by atoms with Crippen molar-refractivity contribution in [1.29, 1.82) is 0 Å². The van der Waals surface area contributed by atoms with Gasteiger partial charge in [-0.15, -0.1) is 11.3 Å². The third-order valence-electron chi connectivity index (χ3n) is 2.74. The van der Waals surface area contributed by atoms with E-state index in [-0.39, 0.29) is 23.3 Å². The average Bonchev–Trinajstić information content (AvgIpc) is 2.74. The average molecular weight is 299 g/mol. The van der Waals surface area contributed by atoms with E-state index in [4.69, 9.17) is 10.5 Å². The van der Waals surface area contributed by atoms with Gasteiger partial charge in [-0.2, -0.15) is 0 Å². The standard InChI is InChI=1S/C13H21N3O3S/c1-7(2)10(17)11-9(14)8(12(18)15-3)13(20-11)16-5-6-19-4/h7,16H,5-6,14H2,1-4H3,(H,15,18). The monoisotopic (exact) mass is 299 g/mol. The molecule has 0 aliphatic rings. The van der Waals surface area contributed by atoms with E-state index in [0.717, 1.165) is 0 Å². The predicted molar refractivity (Wildman–Crippen MR) is 81.7 cm³/mol. The lowest BCUT2D eigenvalue weighted by Crippen LogP contribution is -2.21. The molecule has 0 saturated heterocycles. The minimum absolute atomic E-state index is 0.0579. The largest absolute Gasteiger partial charge is 0.397 e. The van der Waals surface area contributed by atoms with Crippen molar-refractivity contribution >= 4 is 33.7 Å². The van der Waals surface area contributed by atoms with Crippen molar-refractivity contribution in [2.24, 2.45) is 5.92 Å². The number of amides is 1. The highest BCUT2D eigenvalue weighted by Crippen LogP contribution is 2.37. The molecule has 0 bridgehead atoms. The number of nitrogen functional groups attached to an aromatic ring is 1. The van der Waals surface area contributed by atoms with Crippen molar-refractivity contribution < 1.29 is 14.3 Å². The second-order valence-electron chi connectivity index (χ2n) is 4.57. The highest BCUT2D eigenvalue weighted by Gasteiger charge is 2.25. The molecule has 6 nitrogen and oxygen atoms in total. The maximum absolute atomic E-state index is 12.1. The zero-order valence-electron chi connectivity index (χ0n) is 12.2. The summed E-state index contributed by atoms with van der Waals surface area (Å²) >= 11 is 1.21. The molecule has 7 heteroatoms. The van der Waals surface area contributed by atoms with E-state index in [1.165, 1.54) is 18.4 Å². The second-order valence-corrected chi connectivity index (χ2v) is 5.59. The van der Waals surface area contributed by atoms with Crippen molar-refractivity contribution in [1.82, 2.24) is 5.32 Å². The summed E-state index contributed by atoms with van der Waals surface area (Å²) in [6, 6.07) is 0. The predicted octanol–water partition coefficient (Wildman–Crippen LogP) is 1.59. The van der Waals surface area contributed by atoms with Crippen LogP contribution in [0.4, 0.5) is 10.7 Å². The van der Waals surface area contributed by atoms with E-state index in [0.29, 0.717) is 28.6 Å². The van der Waals surface area contributed by atoms with E-state index in [1.54, 1.807) is 21.0 Å². The van der Waals surface area contributed by atoms with Crippen LogP contribution in [-0.4, -0.2) is 39.0 Å². The van der Waals surface area contributed by atoms with Crippen LogP contribution >= 0.6 is 11.3 Å². The Kier molecular flexibility index (Phi) is 5.97. The molecule has 112 valence electrons. The number of methoxy groups -OCH3 is 1. The normalized spacial score (nSPS) is 10.7. The molecule has 0 aromatic carbocycles. The Balaban J connectivity index is 3.17. The van der Waals surface area contributed by atoms with Gasteiger partial charge in [-0.25, -0.2) is 0 Å². The number of anilines is 2. The van der Waals surface area contributed by atoms with Crippen LogP contribution in [0.15, 0.2) is 0 Å². The fourth-order valence-electron chi connectivity index (χ4n) is 1.63. The summed E-state index contributed by atoms with van der Waals surface area (Å²) in [6.07, 6.45) is 0. The lowest BCUT2D eigenvalue weighted by Gasteiger charge is -2.06. The minimum Gasteiger partial charge on any atom is -0.397 e. The van der Waals surface area contributed by atoms with Gasteiger partial charge in [0.25, 0.3) is 5.91 Å². The number of thiophene rings is 1. The van der Waals surface area contributed by atoms with E-state index in [1.807, 2.05) is 0 Å². The van der Waals surface area contributed by atoms with Crippen molar-refractivity contribution in [2.45, 2.75) is 13.8 Å². The van der Waals surface area contributed by atoms with Crippen LogP contribution in [0.25, 0.3) is 0 Å². The van der Waals surface area contributed by atoms with Crippen LogP contribution in [-0.2, 0) is 4.74 Å². The number of Topliss-reactive ketones (excluding diaryl/α,β-unsaturated/α-hetero) is 1. The first kappa shape index (κ1) is 16.5. The highest BCUT2D eigenvalue weighted by atomic mass is 32.1. The van der Waals surface area contributed by atoms with Crippen LogP contribution in [0, 0.1) is 5.92 Å². The number of carbonyl (C=O) groups is 2. The van der Waals surface area contributed by atoms with Crippen LogP contribution in [0.1, 0.15) is 33.9 Å². The Morgan fingerprint density at radius 2 is 2.05 bits per heavy atom. The molecule has 1 amide bonds. The number of rotatable bonds is 7. The molecule has 0 aliphatic heterocycles. The maximum Gasteiger partial charge on any atom is 0.256 e. The number of ketones is 1. The first-order chi connectivity index (χ1) is 9.43. The molecule has 0 radical (unpaired) electrons. The fraction of sp³-hybridized carbons (Fsp3) is 0.538. The molecule has 0 unspecified atom stereocenters. The van der Waals surface area contributed by atoms with Crippen LogP contribution in [0.3, 0.4) is 0 Å². The third kappa shape index (κ3) is 3.49. The summed E-state index contributed by atoms with van der Waals surface area (Å²) in [6.45, 7) is 4.65. The molecule has 0 saturated carbocycles. The van der Waals surface area contributed by atoms with Gasteiger partial charge in [0, 0.05) is 26.6 Å². The van der Waals surface area contributed by atoms with Crippen LogP contribution < -0.4 is 16.4 Å². The van der Waals surface area contributed by atoms with Crippen LogP contribution in [0.5, 0.6) is 0 Å². The molecular formula is C13H21N3O3S. The summed E-state index contributed by atoms with van der Waals surface area (Å²) in [7, 11) is 3.13. The van der Waals surface area contributed by atoms with Gasteiger partial charge in [0.1, 0.15) is 5.00 Å². The number of carbonyl (C=O) groups excluding carboxylic acids is 2. The Morgan fingerprint density at radius 3 is 2.55 bits per heavy atom. The molecule has 1 aromatic rings. The number of ether oxygens (including phenoxy) is 1. The van der Waals surface area contributed by atoms with Crippen molar-refractivity contribution in [2.75, 3.05) is 38.4 Å². The zero-order chi connectivity index (χ0) is 15.3. The second kappa shape index (κ2) is 7.25. The number of hydrogen-bond donors (Lipinski definition) is 3. The molecule has 1 aromatic heterocycles.